The van der Waals surface area contributed by atoms with Gasteiger partial charge in [-0.05, 0) is 55.2 Å². The normalized spacial score (nSPS) is 13.1. The van der Waals surface area contributed by atoms with Crippen molar-refractivity contribution in [2.45, 2.75) is 39.3 Å². The molecule has 2 aromatic carbocycles. The Bertz CT molecular complexity index is 683. The second-order valence-electron chi connectivity index (χ2n) is 6.29. The Morgan fingerprint density at radius 2 is 1.84 bits per heavy atom. The number of amides is 1. The highest BCUT2D eigenvalue weighted by Crippen LogP contribution is 2.22. The van der Waals surface area contributed by atoms with Crippen molar-refractivity contribution in [1.82, 2.24) is 10.6 Å². The Balaban J connectivity index is 1.95. The molecule has 0 saturated carbocycles. The third kappa shape index (κ3) is 5.33. The average Bonchev–Trinajstić information content (AvgIpc) is 2.66. The van der Waals surface area contributed by atoms with E-state index in [9.17, 15) is 4.79 Å². The summed E-state index contributed by atoms with van der Waals surface area (Å²) < 4.78 is 5.21. The lowest BCUT2D eigenvalue weighted by Crippen LogP contribution is -2.30. The zero-order valence-electron chi connectivity index (χ0n) is 15.5. The molecule has 25 heavy (non-hydrogen) atoms. The maximum absolute atomic E-state index is 11.9. The minimum Gasteiger partial charge on any atom is -0.497 e. The molecule has 0 saturated heterocycles. The topological polar surface area (TPSA) is 50.4 Å². The van der Waals surface area contributed by atoms with Crippen molar-refractivity contribution in [1.29, 1.82) is 0 Å². The average molecular weight is 340 g/mol. The fourth-order valence-corrected chi connectivity index (χ4v) is 2.74. The van der Waals surface area contributed by atoms with Gasteiger partial charge in [-0.3, -0.25) is 4.79 Å². The molecule has 2 atom stereocenters. The van der Waals surface area contributed by atoms with Crippen LogP contribution in [-0.4, -0.2) is 25.6 Å². The largest absolute Gasteiger partial charge is 0.497 e. The first-order chi connectivity index (χ1) is 12.0. The molecule has 0 bridgehead atoms. The molecule has 1 amide bonds. The van der Waals surface area contributed by atoms with Crippen molar-refractivity contribution >= 4 is 5.91 Å². The number of hydrogen-bond acceptors (Lipinski definition) is 3. The Kier molecular flexibility index (Phi) is 7.02. The Morgan fingerprint density at radius 3 is 2.48 bits per heavy atom. The second kappa shape index (κ2) is 9.23. The number of ether oxygens (including phenoxy) is 1. The van der Waals surface area contributed by atoms with Gasteiger partial charge in [-0.25, -0.2) is 0 Å². The van der Waals surface area contributed by atoms with E-state index < -0.39 is 0 Å². The zero-order valence-corrected chi connectivity index (χ0v) is 15.5. The molecule has 4 nitrogen and oxygen atoms in total. The van der Waals surface area contributed by atoms with Crippen LogP contribution in [0.2, 0.25) is 0 Å². The summed E-state index contributed by atoms with van der Waals surface area (Å²) in [5.74, 6) is 1.22. The van der Waals surface area contributed by atoms with Gasteiger partial charge in [0.2, 0.25) is 0 Å². The number of methoxy groups -OCH3 is 1. The Morgan fingerprint density at radius 1 is 1.12 bits per heavy atom. The number of carbonyl (C=O) groups excluding carboxylic acids is 1. The van der Waals surface area contributed by atoms with Crippen molar-refractivity contribution in [3.8, 4) is 5.75 Å². The molecule has 0 unspecified atom stereocenters. The summed E-state index contributed by atoms with van der Waals surface area (Å²) in [4.78, 5) is 11.9. The van der Waals surface area contributed by atoms with Crippen molar-refractivity contribution in [3.05, 3.63) is 65.2 Å². The van der Waals surface area contributed by atoms with Gasteiger partial charge in [-0.2, -0.15) is 0 Å². The van der Waals surface area contributed by atoms with Gasteiger partial charge in [0.25, 0.3) is 5.91 Å². The van der Waals surface area contributed by atoms with Gasteiger partial charge >= 0.3 is 0 Å². The third-order valence-corrected chi connectivity index (χ3v) is 4.55. The molecular weight excluding hydrogens is 312 g/mol. The minimum absolute atomic E-state index is 0.0241. The van der Waals surface area contributed by atoms with Crippen LogP contribution in [0.1, 0.15) is 48.2 Å². The molecule has 0 spiro atoms. The summed E-state index contributed by atoms with van der Waals surface area (Å²) in [6.45, 7) is 7.69. The van der Waals surface area contributed by atoms with E-state index in [4.69, 9.17) is 4.74 Å². The molecule has 2 aromatic rings. The van der Waals surface area contributed by atoms with E-state index in [1.54, 1.807) is 7.11 Å². The Hall–Kier alpha value is -2.33. The highest BCUT2D eigenvalue weighted by Gasteiger charge is 2.14. The van der Waals surface area contributed by atoms with E-state index in [1.807, 2.05) is 43.3 Å². The molecule has 0 heterocycles. The first-order valence-corrected chi connectivity index (χ1v) is 8.79. The molecule has 0 aliphatic rings. The lowest BCUT2D eigenvalue weighted by molar-refractivity contribution is 0.0955. The predicted molar refractivity (Wildman–Crippen MR) is 102 cm³/mol. The summed E-state index contributed by atoms with van der Waals surface area (Å²) in [7, 11) is 1.68. The zero-order chi connectivity index (χ0) is 18.2. The number of hydrogen-bond donors (Lipinski definition) is 2. The molecule has 4 heteroatoms. The van der Waals surface area contributed by atoms with Crippen LogP contribution in [0.4, 0.5) is 0 Å². The van der Waals surface area contributed by atoms with Crippen LogP contribution in [0.5, 0.6) is 5.75 Å². The van der Waals surface area contributed by atoms with Gasteiger partial charge in [0.15, 0.2) is 0 Å². The first kappa shape index (κ1) is 19.0. The van der Waals surface area contributed by atoms with Gasteiger partial charge in [0.05, 0.1) is 7.11 Å². The van der Waals surface area contributed by atoms with Gasteiger partial charge in [-0.15, -0.1) is 0 Å². The monoisotopic (exact) mass is 340 g/mol. The van der Waals surface area contributed by atoms with E-state index in [-0.39, 0.29) is 5.91 Å². The van der Waals surface area contributed by atoms with E-state index >= 15 is 0 Å². The summed E-state index contributed by atoms with van der Waals surface area (Å²) >= 11 is 0. The molecule has 2 N–H and O–H groups in total. The van der Waals surface area contributed by atoms with E-state index in [0.29, 0.717) is 24.1 Å². The van der Waals surface area contributed by atoms with Crippen molar-refractivity contribution in [2.24, 2.45) is 0 Å². The maximum atomic E-state index is 11.9. The lowest BCUT2D eigenvalue weighted by Gasteiger charge is -2.22. The maximum Gasteiger partial charge on any atom is 0.251 e. The first-order valence-electron chi connectivity index (χ1n) is 8.79. The molecule has 0 fully saturated rings. The molecule has 0 aliphatic carbocycles. The molecule has 2 rings (SSSR count). The van der Waals surface area contributed by atoms with Crippen LogP contribution in [0.25, 0.3) is 0 Å². The van der Waals surface area contributed by atoms with Crippen molar-refractivity contribution in [3.63, 3.8) is 0 Å². The highest BCUT2D eigenvalue weighted by molar-refractivity contribution is 5.94. The fourth-order valence-electron chi connectivity index (χ4n) is 2.74. The van der Waals surface area contributed by atoms with Crippen molar-refractivity contribution in [2.75, 3.05) is 13.7 Å². The smallest absolute Gasteiger partial charge is 0.251 e. The molecule has 0 aromatic heterocycles. The van der Waals surface area contributed by atoms with E-state index in [1.165, 1.54) is 5.56 Å². The Labute approximate surface area is 150 Å². The van der Waals surface area contributed by atoms with E-state index in [0.717, 1.165) is 17.9 Å². The van der Waals surface area contributed by atoms with Gasteiger partial charge in [0, 0.05) is 24.7 Å². The van der Waals surface area contributed by atoms with Crippen LogP contribution in [-0.2, 0) is 6.54 Å². The van der Waals surface area contributed by atoms with Gasteiger partial charge < -0.3 is 15.4 Å². The van der Waals surface area contributed by atoms with Gasteiger partial charge in [0.1, 0.15) is 5.75 Å². The molecule has 0 aliphatic heterocycles. The van der Waals surface area contributed by atoms with Crippen LogP contribution >= 0.6 is 0 Å². The van der Waals surface area contributed by atoms with Crippen molar-refractivity contribution < 1.29 is 9.53 Å². The predicted octanol–water partition coefficient (Wildman–Crippen LogP) is 3.73. The highest BCUT2D eigenvalue weighted by atomic mass is 16.5. The van der Waals surface area contributed by atoms with Crippen LogP contribution in [0.15, 0.2) is 48.5 Å². The quantitative estimate of drug-likeness (QED) is 0.770. The SMILES string of the molecule is CCNC(=O)c1cccc(CN[C@@H](C)[C@H](C)c2ccc(OC)cc2)c1. The van der Waals surface area contributed by atoms with Crippen LogP contribution in [0, 0.1) is 0 Å². The fraction of sp³-hybridized carbons (Fsp3) is 0.381. The summed E-state index contributed by atoms with van der Waals surface area (Å²) in [6, 6.07) is 16.3. The molecule has 0 radical (unpaired) electrons. The number of nitrogens with one attached hydrogen (secondary N) is 2. The molecular formula is C21H28N2O2. The number of carbonyl (C=O) groups is 1. The number of rotatable bonds is 8. The number of benzene rings is 2. The second-order valence-corrected chi connectivity index (χ2v) is 6.29. The molecule has 134 valence electrons. The van der Waals surface area contributed by atoms with Gasteiger partial charge in [-0.1, -0.05) is 31.2 Å². The summed E-state index contributed by atoms with van der Waals surface area (Å²) in [6.07, 6.45) is 0. The third-order valence-electron chi connectivity index (χ3n) is 4.55. The summed E-state index contributed by atoms with van der Waals surface area (Å²) in [5, 5.41) is 6.39. The minimum atomic E-state index is -0.0241. The summed E-state index contributed by atoms with van der Waals surface area (Å²) in [5.41, 5.74) is 3.09. The van der Waals surface area contributed by atoms with Crippen LogP contribution in [0.3, 0.4) is 0 Å². The standard InChI is InChI=1S/C21H28N2O2/c1-5-22-21(24)19-8-6-7-17(13-19)14-23-16(3)15(2)18-9-11-20(25-4)12-10-18/h6-13,15-16,23H,5,14H2,1-4H3,(H,22,24)/t15-,16-/m0/s1. The lowest BCUT2D eigenvalue weighted by atomic mass is 9.94. The van der Waals surface area contributed by atoms with E-state index in [2.05, 4.69) is 36.6 Å². The van der Waals surface area contributed by atoms with Crippen LogP contribution < -0.4 is 15.4 Å².